The molecule has 1 unspecified atom stereocenters. The molecule has 0 bridgehead atoms. The third-order valence-electron chi connectivity index (χ3n) is 4.03. The Morgan fingerprint density at radius 2 is 2.17 bits per heavy atom. The Morgan fingerprint density at radius 1 is 1.33 bits per heavy atom. The first-order valence-electron chi connectivity index (χ1n) is 6.17. The molecule has 1 fully saturated rings. The van der Waals surface area contributed by atoms with Gasteiger partial charge in [-0.1, -0.05) is 6.07 Å². The lowest BCUT2D eigenvalue weighted by Crippen LogP contribution is -2.38. The molecule has 2 aliphatic rings. The van der Waals surface area contributed by atoms with Crippen molar-refractivity contribution in [2.24, 2.45) is 0 Å². The van der Waals surface area contributed by atoms with Gasteiger partial charge in [-0.15, -0.1) is 0 Å². The van der Waals surface area contributed by atoms with Crippen LogP contribution in [-0.4, -0.2) is 18.9 Å². The van der Waals surface area contributed by atoms with E-state index in [2.05, 4.69) is 5.32 Å². The summed E-state index contributed by atoms with van der Waals surface area (Å²) in [5, 5.41) is 2.44. The summed E-state index contributed by atoms with van der Waals surface area (Å²) in [6, 6.07) is 5.78. The van der Waals surface area contributed by atoms with E-state index in [1.54, 1.807) is 7.11 Å². The smallest absolute Gasteiger partial charge is 0.237 e. The van der Waals surface area contributed by atoms with Crippen molar-refractivity contribution in [1.29, 1.82) is 0 Å². The Kier molecular flexibility index (Phi) is 2.40. The summed E-state index contributed by atoms with van der Waals surface area (Å²) in [5.74, 6) is 0.498. The zero-order valence-electron chi connectivity index (χ0n) is 10.3. The summed E-state index contributed by atoms with van der Waals surface area (Å²) in [6.07, 6.45) is 2.91. The second kappa shape index (κ2) is 3.83. The van der Waals surface area contributed by atoms with Crippen molar-refractivity contribution in [3.8, 4) is 5.75 Å². The Hall–Kier alpha value is -1.84. The number of hydrogen-bond donors (Lipinski definition) is 1. The predicted molar refractivity (Wildman–Crippen MR) is 65.4 cm³/mol. The highest BCUT2D eigenvalue weighted by Crippen LogP contribution is 2.43. The Morgan fingerprint density at radius 3 is 2.83 bits per heavy atom. The van der Waals surface area contributed by atoms with Crippen LogP contribution in [0.2, 0.25) is 0 Å². The number of nitrogens with one attached hydrogen (secondary N) is 1. The van der Waals surface area contributed by atoms with E-state index in [-0.39, 0.29) is 18.2 Å². The molecule has 1 atom stereocenters. The summed E-state index contributed by atoms with van der Waals surface area (Å²) in [6.45, 7) is 0. The van der Waals surface area contributed by atoms with Gasteiger partial charge in [-0.05, 0) is 42.5 Å². The number of carbonyl (C=O) groups is 2. The van der Waals surface area contributed by atoms with Crippen molar-refractivity contribution in [3.05, 3.63) is 29.3 Å². The molecule has 94 valence electrons. The molecule has 0 aromatic heterocycles. The zero-order valence-corrected chi connectivity index (χ0v) is 10.3. The number of carbonyl (C=O) groups excluding carboxylic acids is 2. The minimum atomic E-state index is -0.628. The van der Waals surface area contributed by atoms with Crippen LogP contribution in [0.1, 0.15) is 30.4 Å². The SMILES string of the molecule is COc1ccc2c(c1)CCCC21CC(=O)NC1=O. The molecule has 1 N–H and O–H groups in total. The van der Waals surface area contributed by atoms with Crippen molar-refractivity contribution < 1.29 is 14.3 Å². The topological polar surface area (TPSA) is 55.4 Å². The van der Waals surface area contributed by atoms with E-state index in [9.17, 15) is 9.59 Å². The van der Waals surface area contributed by atoms with E-state index in [1.165, 1.54) is 0 Å². The highest BCUT2D eigenvalue weighted by molar-refractivity contribution is 6.09. The number of amides is 2. The number of benzene rings is 1. The molecule has 1 aromatic rings. The molecule has 1 aromatic carbocycles. The molecule has 1 heterocycles. The second-order valence-electron chi connectivity index (χ2n) is 5.01. The van der Waals surface area contributed by atoms with Gasteiger partial charge in [0.05, 0.1) is 12.5 Å². The van der Waals surface area contributed by atoms with Gasteiger partial charge in [-0.25, -0.2) is 0 Å². The van der Waals surface area contributed by atoms with Crippen LogP contribution in [0.25, 0.3) is 0 Å². The number of ether oxygens (including phenoxy) is 1. The van der Waals surface area contributed by atoms with Crippen molar-refractivity contribution in [1.82, 2.24) is 5.32 Å². The van der Waals surface area contributed by atoms with Crippen molar-refractivity contribution in [3.63, 3.8) is 0 Å². The molecule has 4 nitrogen and oxygen atoms in total. The van der Waals surface area contributed by atoms with Crippen LogP contribution >= 0.6 is 0 Å². The lowest BCUT2D eigenvalue weighted by Gasteiger charge is -2.32. The third kappa shape index (κ3) is 1.45. The molecular weight excluding hydrogens is 230 g/mol. The van der Waals surface area contributed by atoms with Gasteiger partial charge in [0.25, 0.3) is 0 Å². The number of rotatable bonds is 1. The van der Waals surface area contributed by atoms with Crippen LogP contribution in [0.15, 0.2) is 18.2 Å². The van der Waals surface area contributed by atoms with Gasteiger partial charge in [-0.2, -0.15) is 0 Å². The van der Waals surface area contributed by atoms with E-state index in [0.717, 1.165) is 36.1 Å². The largest absolute Gasteiger partial charge is 0.497 e. The number of methoxy groups -OCH3 is 1. The molecule has 3 rings (SSSR count). The monoisotopic (exact) mass is 245 g/mol. The van der Waals surface area contributed by atoms with Crippen molar-refractivity contribution in [2.75, 3.05) is 7.11 Å². The quantitative estimate of drug-likeness (QED) is 0.759. The van der Waals surface area contributed by atoms with E-state index < -0.39 is 5.41 Å². The number of imide groups is 1. The van der Waals surface area contributed by atoms with Gasteiger partial charge >= 0.3 is 0 Å². The van der Waals surface area contributed by atoms with Gasteiger partial charge in [0.1, 0.15) is 5.75 Å². The minimum Gasteiger partial charge on any atom is -0.497 e. The summed E-state index contributed by atoms with van der Waals surface area (Å²) in [7, 11) is 1.63. The maximum Gasteiger partial charge on any atom is 0.237 e. The van der Waals surface area contributed by atoms with Crippen molar-refractivity contribution in [2.45, 2.75) is 31.1 Å². The van der Waals surface area contributed by atoms with Gasteiger partial charge in [0.15, 0.2) is 0 Å². The average Bonchev–Trinajstić information content (AvgIpc) is 2.64. The van der Waals surface area contributed by atoms with Crippen LogP contribution < -0.4 is 10.1 Å². The first kappa shape index (κ1) is 11.3. The second-order valence-corrected chi connectivity index (χ2v) is 5.01. The molecular formula is C14H15NO3. The van der Waals surface area contributed by atoms with Gasteiger partial charge in [0.2, 0.25) is 11.8 Å². The average molecular weight is 245 g/mol. The summed E-state index contributed by atoms with van der Waals surface area (Å²) >= 11 is 0. The fraction of sp³-hybridized carbons (Fsp3) is 0.429. The van der Waals surface area contributed by atoms with Crippen LogP contribution in [0, 0.1) is 0 Å². The van der Waals surface area contributed by atoms with E-state index in [4.69, 9.17) is 4.74 Å². The lowest BCUT2D eigenvalue weighted by molar-refractivity contribution is -0.126. The first-order chi connectivity index (χ1) is 8.65. The first-order valence-corrected chi connectivity index (χ1v) is 6.17. The maximum absolute atomic E-state index is 12.1. The van der Waals surface area contributed by atoms with E-state index in [1.807, 2.05) is 18.2 Å². The van der Waals surface area contributed by atoms with Crippen LogP contribution in [-0.2, 0) is 21.4 Å². The van der Waals surface area contributed by atoms with E-state index >= 15 is 0 Å². The molecule has 1 saturated heterocycles. The van der Waals surface area contributed by atoms with E-state index in [0.29, 0.717) is 0 Å². The van der Waals surface area contributed by atoms with Gasteiger partial charge in [0, 0.05) is 6.42 Å². The van der Waals surface area contributed by atoms with Gasteiger partial charge < -0.3 is 4.74 Å². The molecule has 0 radical (unpaired) electrons. The fourth-order valence-corrected chi connectivity index (χ4v) is 3.15. The predicted octanol–water partition coefficient (Wildman–Crippen LogP) is 1.32. The minimum absolute atomic E-state index is 0.140. The highest BCUT2D eigenvalue weighted by atomic mass is 16.5. The Labute approximate surface area is 105 Å². The Bertz CT molecular complexity index is 538. The van der Waals surface area contributed by atoms with Crippen LogP contribution in [0.5, 0.6) is 5.75 Å². The molecule has 18 heavy (non-hydrogen) atoms. The van der Waals surface area contributed by atoms with Gasteiger partial charge in [-0.3, -0.25) is 14.9 Å². The molecule has 1 spiro atoms. The van der Waals surface area contributed by atoms with Crippen LogP contribution in [0.4, 0.5) is 0 Å². The molecule has 1 aliphatic carbocycles. The summed E-state index contributed by atoms with van der Waals surface area (Å²) in [4.78, 5) is 23.6. The van der Waals surface area contributed by atoms with Crippen LogP contribution in [0.3, 0.4) is 0 Å². The number of fused-ring (bicyclic) bond motifs is 2. The maximum atomic E-state index is 12.1. The number of hydrogen-bond acceptors (Lipinski definition) is 3. The Balaban J connectivity index is 2.12. The summed E-state index contributed by atoms with van der Waals surface area (Å²) < 4.78 is 5.21. The van der Waals surface area contributed by atoms with Crippen molar-refractivity contribution >= 4 is 11.8 Å². The standard InChI is InChI=1S/C14H15NO3/c1-18-10-4-5-11-9(7-10)3-2-6-14(11)8-12(16)15-13(14)17/h4-5,7H,2-3,6,8H2,1H3,(H,15,16,17). The summed E-state index contributed by atoms with van der Waals surface area (Å²) in [5.41, 5.74) is 1.50. The third-order valence-corrected chi connectivity index (χ3v) is 4.03. The normalized spacial score (nSPS) is 26.1. The number of aryl methyl sites for hydroxylation is 1. The highest BCUT2D eigenvalue weighted by Gasteiger charge is 2.49. The molecule has 1 aliphatic heterocycles. The molecule has 4 heteroatoms. The molecule has 0 saturated carbocycles. The fourth-order valence-electron chi connectivity index (χ4n) is 3.15. The lowest BCUT2D eigenvalue weighted by atomic mass is 9.69. The molecule has 2 amide bonds. The zero-order chi connectivity index (χ0) is 12.8.